The van der Waals surface area contributed by atoms with E-state index in [0.29, 0.717) is 24.6 Å². The zero-order valence-corrected chi connectivity index (χ0v) is 25.5. The van der Waals surface area contributed by atoms with Gasteiger partial charge in [0.25, 0.3) is 5.91 Å². The minimum atomic E-state index is -1.12. The van der Waals surface area contributed by atoms with Crippen molar-refractivity contribution in [3.63, 3.8) is 0 Å². The van der Waals surface area contributed by atoms with Gasteiger partial charge in [0.2, 0.25) is 6.41 Å². The van der Waals surface area contributed by atoms with Crippen molar-refractivity contribution in [1.82, 2.24) is 16.0 Å². The zero-order chi connectivity index (χ0) is 29.6. The molecule has 4 N–H and O–H groups in total. The summed E-state index contributed by atoms with van der Waals surface area (Å²) in [7, 11) is 3.75. The van der Waals surface area contributed by atoms with Crippen LogP contribution in [0.15, 0.2) is 35.1 Å². The average Bonchev–Trinajstić information content (AvgIpc) is 2.88. The van der Waals surface area contributed by atoms with Crippen LogP contribution in [0.4, 0.5) is 5.69 Å². The van der Waals surface area contributed by atoms with Crippen LogP contribution in [0.5, 0.6) is 0 Å². The summed E-state index contributed by atoms with van der Waals surface area (Å²) in [5, 5.41) is 18.6. The van der Waals surface area contributed by atoms with Crippen molar-refractivity contribution < 1.29 is 14.7 Å². The van der Waals surface area contributed by atoms with Crippen molar-refractivity contribution in [3.05, 3.63) is 51.7 Å². The molecule has 1 aromatic rings. The molecular weight excluding hydrogens is 488 g/mol. The Labute approximate surface area is 236 Å². The molecule has 2 amide bonds. The van der Waals surface area contributed by atoms with E-state index < -0.39 is 5.60 Å². The third-order valence-corrected chi connectivity index (χ3v) is 6.71. The van der Waals surface area contributed by atoms with E-state index >= 15 is 0 Å². The number of carbonyl (C=O) groups is 2. The summed E-state index contributed by atoms with van der Waals surface area (Å²) in [5.74, 6) is 5.83. The zero-order valence-electron chi connectivity index (χ0n) is 25.5. The van der Waals surface area contributed by atoms with Crippen molar-refractivity contribution >= 4 is 18.0 Å². The van der Waals surface area contributed by atoms with Crippen LogP contribution in [0.25, 0.3) is 0 Å². The molecule has 0 bridgehead atoms. The number of carbonyl (C=O) groups excluding carboxylic acids is 2. The maximum atomic E-state index is 13.4. The summed E-state index contributed by atoms with van der Waals surface area (Å²) in [6.07, 6.45) is 8.59. The van der Waals surface area contributed by atoms with Crippen LogP contribution in [0.1, 0.15) is 95.1 Å². The molecule has 1 aliphatic rings. The molecule has 1 aromatic carbocycles. The normalized spacial score (nSPS) is 14.7. The molecule has 39 heavy (non-hydrogen) atoms. The van der Waals surface area contributed by atoms with Crippen LogP contribution in [0.2, 0.25) is 0 Å². The SMILES string of the molecule is CCN(c1cc(C#CC(C)(C)O)cc(C(=O)NC/C(C)=C(C)/C=C(/C)NC=O)c1C)C1CCCCC1.CNC. The topological polar surface area (TPSA) is 93.7 Å². The van der Waals surface area contributed by atoms with Crippen LogP contribution in [0.3, 0.4) is 0 Å². The lowest BCUT2D eigenvalue weighted by atomic mass is 9.92. The van der Waals surface area contributed by atoms with E-state index in [1.165, 1.54) is 19.3 Å². The molecule has 0 aliphatic heterocycles. The lowest BCUT2D eigenvalue weighted by Crippen LogP contribution is -2.37. The number of nitrogens with one attached hydrogen (secondary N) is 3. The van der Waals surface area contributed by atoms with Crippen molar-refractivity contribution in [1.29, 1.82) is 0 Å². The van der Waals surface area contributed by atoms with E-state index in [2.05, 4.69) is 45.7 Å². The molecule has 0 radical (unpaired) electrons. The highest BCUT2D eigenvalue weighted by Gasteiger charge is 2.24. The average molecular weight is 539 g/mol. The predicted molar refractivity (Wildman–Crippen MR) is 163 cm³/mol. The molecule has 0 atom stereocenters. The van der Waals surface area contributed by atoms with Gasteiger partial charge in [0, 0.05) is 41.6 Å². The quantitative estimate of drug-likeness (QED) is 0.205. The van der Waals surface area contributed by atoms with Gasteiger partial charge >= 0.3 is 0 Å². The lowest BCUT2D eigenvalue weighted by Gasteiger charge is -2.37. The lowest BCUT2D eigenvalue weighted by molar-refractivity contribution is -0.108. The molecule has 216 valence electrons. The summed E-state index contributed by atoms with van der Waals surface area (Å²) >= 11 is 0. The fourth-order valence-electron chi connectivity index (χ4n) is 4.58. The maximum Gasteiger partial charge on any atom is 0.251 e. The Bertz CT molecular complexity index is 1080. The van der Waals surface area contributed by atoms with Gasteiger partial charge in [-0.25, -0.2) is 0 Å². The van der Waals surface area contributed by atoms with E-state index in [9.17, 15) is 14.7 Å². The van der Waals surface area contributed by atoms with Crippen molar-refractivity contribution in [2.45, 2.75) is 92.2 Å². The van der Waals surface area contributed by atoms with Crippen LogP contribution in [-0.4, -0.2) is 56.3 Å². The van der Waals surface area contributed by atoms with Crippen molar-refractivity contribution in [2.75, 3.05) is 32.1 Å². The van der Waals surface area contributed by atoms with E-state index in [0.717, 1.165) is 53.0 Å². The number of nitrogens with zero attached hydrogens (tertiary/aromatic N) is 1. The summed E-state index contributed by atoms with van der Waals surface area (Å²) < 4.78 is 0. The monoisotopic (exact) mass is 538 g/mol. The molecule has 2 rings (SSSR count). The van der Waals surface area contributed by atoms with Crippen molar-refractivity contribution in [3.8, 4) is 11.8 Å². The Hall–Kier alpha value is -3.08. The first-order chi connectivity index (χ1) is 18.4. The number of benzene rings is 1. The minimum Gasteiger partial charge on any atom is -0.378 e. The number of allylic oxidation sites excluding steroid dienone is 3. The first-order valence-electron chi connectivity index (χ1n) is 14.0. The number of hydrogen-bond acceptors (Lipinski definition) is 5. The van der Waals surface area contributed by atoms with Gasteiger partial charge in [0.1, 0.15) is 5.60 Å². The molecule has 1 aliphatic carbocycles. The van der Waals surface area contributed by atoms with Gasteiger partial charge < -0.3 is 26.0 Å². The second kappa shape index (κ2) is 16.8. The molecule has 7 nitrogen and oxygen atoms in total. The molecule has 0 heterocycles. The van der Waals surface area contributed by atoms with Crippen LogP contribution < -0.4 is 20.9 Å². The molecule has 0 unspecified atom stereocenters. The second-order valence-corrected chi connectivity index (χ2v) is 10.8. The summed E-state index contributed by atoms with van der Waals surface area (Å²) in [6, 6.07) is 4.34. The first kappa shape index (κ1) is 33.9. The standard InChI is InChI=1S/C30H43N3O3.C2H7N/c1-8-33(26-12-10-9-11-13-26)28-18-25(14-15-30(6,7)36)17-27(24(28)5)29(35)31-19-22(3)21(2)16-23(4)32-20-34;1-3-2/h16-18,20,26,36H,8-13,19H2,1-7H3,(H,31,35)(H,32,34);3H,1-2H3/b22-21+,23-16-;. The van der Waals surface area contributed by atoms with Gasteiger partial charge in [-0.2, -0.15) is 0 Å². The Morgan fingerprint density at radius 1 is 1.15 bits per heavy atom. The van der Waals surface area contributed by atoms with E-state index in [4.69, 9.17) is 0 Å². The fourth-order valence-corrected chi connectivity index (χ4v) is 4.58. The number of amides is 2. The predicted octanol–water partition coefficient (Wildman–Crippen LogP) is 4.83. The number of aliphatic hydroxyl groups is 1. The van der Waals surface area contributed by atoms with Crippen molar-refractivity contribution in [2.24, 2.45) is 0 Å². The molecule has 1 saturated carbocycles. The Morgan fingerprint density at radius 3 is 2.31 bits per heavy atom. The minimum absolute atomic E-state index is 0.153. The van der Waals surface area contributed by atoms with Gasteiger partial charge in [-0.1, -0.05) is 36.7 Å². The summed E-state index contributed by atoms with van der Waals surface area (Å²) in [4.78, 5) is 26.5. The molecule has 0 spiro atoms. The highest BCUT2D eigenvalue weighted by molar-refractivity contribution is 5.97. The molecule has 0 saturated heterocycles. The van der Waals surface area contributed by atoms with Gasteiger partial charge in [-0.15, -0.1) is 0 Å². The number of hydrogen-bond donors (Lipinski definition) is 4. The van der Waals surface area contributed by atoms with E-state index in [-0.39, 0.29) is 5.91 Å². The molecular formula is C32H50N4O3. The summed E-state index contributed by atoms with van der Waals surface area (Å²) in [6.45, 7) is 14.5. The smallest absolute Gasteiger partial charge is 0.251 e. The Kier molecular flexibility index (Phi) is 14.6. The Morgan fingerprint density at radius 2 is 1.77 bits per heavy atom. The van der Waals surface area contributed by atoms with Gasteiger partial charge in [0.15, 0.2) is 0 Å². The molecule has 0 aromatic heterocycles. The largest absolute Gasteiger partial charge is 0.378 e. The molecule has 1 fully saturated rings. The Balaban J connectivity index is 0.00000242. The fraction of sp³-hybridized carbons (Fsp3) is 0.562. The second-order valence-electron chi connectivity index (χ2n) is 10.8. The van der Waals surface area contributed by atoms with Gasteiger partial charge in [0.05, 0.1) is 0 Å². The third-order valence-electron chi connectivity index (χ3n) is 6.71. The van der Waals surface area contributed by atoms with E-state index in [1.54, 1.807) is 13.8 Å². The molecule has 7 heteroatoms. The van der Waals surface area contributed by atoms with Gasteiger partial charge in [-0.05, 0) is 105 Å². The number of rotatable bonds is 9. The van der Waals surface area contributed by atoms with Crippen LogP contribution in [-0.2, 0) is 4.79 Å². The van der Waals surface area contributed by atoms with E-state index in [1.807, 2.05) is 53.9 Å². The van der Waals surface area contributed by atoms with Gasteiger partial charge in [-0.3, -0.25) is 9.59 Å². The summed E-state index contributed by atoms with van der Waals surface area (Å²) in [5.41, 5.74) is 4.92. The first-order valence-corrected chi connectivity index (χ1v) is 14.0. The highest BCUT2D eigenvalue weighted by Crippen LogP contribution is 2.32. The highest BCUT2D eigenvalue weighted by atomic mass is 16.3. The number of anilines is 1. The third kappa shape index (κ3) is 11.7. The van der Waals surface area contributed by atoms with Crippen LogP contribution >= 0.6 is 0 Å². The maximum absolute atomic E-state index is 13.4. The van der Waals surface area contributed by atoms with Crippen LogP contribution in [0, 0.1) is 18.8 Å².